The molecule has 6 heteroatoms. The van der Waals surface area contributed by atoms with E-state index in [0.29, 0.717) is 12.3 Å². The van der Waals surface area contributed by atoms with Gasteiger partial charge in [0.15, 0.2) is 6.61 Å². The zero-order chi connectivity index (χ0) is 18.4. The molecule has 1 fully saturated rings. The van der Waals surface area contributed by atoms with Gasteiger partial charge in [-0.25, -0.2) is 4.79 Å². The molecule has 1 N–H and O–H groups in total. The fourth-order valence-electron chi connectivity index (χ4n) is 3.14. The first kappa shape index (κ1) is 18.4. The number of nitrogens with zero attached hydrogens (tertiary/aromatic N) is 2. The van der Waals surface area contributed by atoms with E-state index in [1.165, 1.54) is 0 Å². The third-order valence-electron chi connectivity index (χ3n) is 4.30. The van der Waals surface area contributed by atoms with E-state index in [1.807, 2.05) is 36.4 Å². The van der Waals surface area contributed by atoms with Crippen LogP contribution in [0.5, 0.6) is 5.75 Å². The predicted molar refractivity (Wildman–Crippen MR) is 98.1 cm³/mol. The van der Waals surface area contributed by atoms with Crippen LogP contribution < -0.4 is 4.74 Å². The number of pyridine rings is 1. The van der Waals surface area contributed by atoms with Crippen molar-refractivity contribution in [2.45, 2.75) is 26.0 Å². The fraction of sp³-hybridized carbons (Fsp3) is 0.400. The largest absolute Gasteiger partial charge is 0.482 e. The topological polar surface area (TPSA) is 71.9 Å². The maximum absolute atomic E-state index is 10.9. The van der Waals surface area contributed by atoms with Crippen molar-refractivity contribution in [3.63, 3.8) is 0 Å². The summed E-state index contributed by atoms with van der Waals surface area (Å²) < 4.78 is 11.2. The van der Waals surface area contributed by atoms with Crippen LogP contribution >= 0.6 is 0 Å². The van der Waals surface area contributed by atoms with E-state index >= 15 is 0 Å². The summed E-state index contributed by atoms with van der Waals surface area (Å²) in [6.45, 7) is 4.96. The van der Waals surface area contributed by atoms with E-state index < -0.39 is 5.97 Å². The van der Waals surface area contributed by atoms with E-state index in [0.717, 1.165) is 42.9 Å². The molecular weight excluding hydrogens is 332 g/mol. The summed E-state index contributed by atoms with van der Waals surface area (Å²) in [6, 6.07) is 11.6. The van der Waals surface area contributed by atoms with Crippen molar-refractivity contribution in [3.05, 3.63) is 48.2 Å². The SMILES string of the molecule is C[C@H]1CN(Cc2cc(-c3ccccn3)ccc2OCC(=O)O)CCCO1. The Hall–Kier alpha value is -2.44. The molecule has 1 aromatic carbocycles. The number of benzene rings is 1. The van der Waals surface area contributed by atoms with Crippen LogP contribution in [0.1, 0.15) is 18.9 Å². The van der Waals surface area contributed by atoms with Crippen LogP contribution in [0.25, 0.3) is 11.3 Å². The van der Waals surface area contributed by atoms with Gasteiger partial charge in [0.1, 0.15) is 5.75 Å². The molecule has 2 aromatic rings. The Morgan fingerprint density at radius 3 is 3.04 bits per heavy atom. The van der Waals surface area contributed by atoms with Crippen LogP contribution in [-0.2, 0) is 16.1 Å². The summed E-state index contributed by atoms with van der Waals surface area (Å²) in [4.78, 5) is 17.6. The molecule has 0 radical (unpaired) electrons. The van der Waals surface area contributed by atoms with Gasteiger partial charge in [-0.05, 0) is 43.7 Å². The summed E-state index contributed by atoms with van der Waals surface area (Å²) >= 11 is 0. The molecule has 0 bridgehead atoms. The van der Waals surface area contributed by atoms with Crippen molar-refractivity contribution in [3.8, 4) is 17.0 Å². The average Bonchev–Trinajstić information content (AvgIpc) is 2.85. The summed E-state index contributed by atoms with van der Waals surface area (Å²) in [5, 5.41) is 8.93. The van der Waals surface area contributed by atoms with Crippen LogP contribution in [-0.4, -0.2) is 53.4 Å². The third-order valence-corrected chi connectivity index (χ3v) is 4.30. The molecule has 0 spiro atoms. The number of hydrogen-bond acceptors (Lipinski definition) is 5. The molecule has 0 amide bonds. The minimum atomic E-state index is -0.985. The van der Waals surface area contributed by atoms with Crippen LogP contribution in [0.4, 0.5) is 0 Å². The van der Waals surface area contributed by atoms with Crippen molar-refractivity contribution >= 4 is 5.97 Å². The summed E-state index contributed by atoms with van der Waals surface area (Å²) in [5.41, 5.74) is 2.83. The Bertz CT molecular complexity index is 736. The minimum absolute atomic E-state index is 0.180. The molecule has 1 aromatic heterocycles. The van der Waals surface area contributed by atoms with Crippen LogP contribution in [0.3, 0.4) is 0 Å². The van der Waals surface area contributed by atoms with E-state index in [1.54, 1.807) is 6.20 Å². The molecule has 1 atom stereocenters. The number of carbonyl (C=O) groups is 1. The Kier molecular flexibility index (Phi) is 6.20. The van der Waals surface area contributed by atoms with Crippen LogP contribution in [0.2, 0.25) is 0 Å². The summed E-state index contributed by atoms with van der Waals surface area (Å²) in [7, 11) is 0. The first-order valence-corrected chi connectivity index (χ1v) is 8.84. The van der Waals surface area contributed by atoms with Gasteiger partial charge >= 0.3 is 5.97 Å². The minimum Gasteiger partial charge on any atom is -0.482 e. The molecule has 6 nitrogen and oxygen atoms in total. The molecule has 138 valence electrons. The summed E-state index contributed by atoms with van der Waals surface area (Å²) in [6.07, 6.45) is 2.92. The highest BCUT2D eigenvalue weighted by Gasteiger charge is 2.18. The molecular formula is C20H24N2O4. The molecule has 1 aliphatic heterocycles. The standard InChI is InChI=1S/C20H24N2O4/c1-15-12-22(9-4-10-25-15)13-17-11-16(18-5-2-3-8-21-18)6-7-19(17)26-14-20(23)24/h2-3,5-8,11,15H,4,9-10,12-14H2,1H3,(H,23,24)/t15-/m0/s1. The molecule has 3 rings (SSSR count). The van der Waals surface area contributed by atoms with Gasteiger partial charge in [0.2, 0.25) is 0 Å². The van der Waals surface area contributed by atoms with Gasteiger partial charge in [-0.3, -0.25) is 9.88 Å². The van der Waals surface area contributed by atoms with Crippen molar-refractivity contribution in [1.29, 1.82) is 0 Å². The predicted octanol–water partition coefficient (Wildman–Crippen LogP) is 2.82. The second kappa shape index (κ2) is 8.78. The van der Waals surface area contributed by atoms with E-state index in [2.05, 4.69) is 16.8 Å². The van der Waals surface area contributed by atoms with Crippen LogP contribution in [0.15, 0.2) is 42.6 Å². The monoisotopic (exact) mass is 356 g/mol. The Morgan fingerprint density at radius 2 is 2.27 bits per heavy atom. The van der Waals surface area contributed by atoms with Gasteiger partial charge in [-0.2, -0.15) is 0 Å². The molecule has 26 heavy (non-hydrogen) atoms. The first-order chi connectivity index (χ1) is 12.6. The van der Waals surface area contributed by atoms with E-state index in [9.17, 15) is 4.79 Å². The Morgan fingerprint density at radius 1 is 1.38 bits per heavy atom. The highest BCUT2D eigenvalue weighted by atomic mass is 16.5. The number of carboxylic acids is 1. The fourth-order valence-corrected chi connectivity index (χ4v) is 3.14. The molecule has 1 saturated heterocycles. The molecule has 0 saturated carbocycles. The molecule has 2 heterocycles. The highest BCUT2D eigenvalue weighted by molar-refractivity contribution is 5.69. The van der Waals surface area contributed by atoms with E-state index in [4.69, 9.17) is 14.6 Å². The lowest BCUT2D eigenvalue weighted by Gasteiger charge is -2.23. The van der Waals surface area contributed by atoms with Crippen molar-refractivity contribution in [2.24, 2.45) is 0 Å². The van der Waals surface area contributed by atoms with Gasteiger partial charge in [-0.15, -0.1) is 0 Å². The van der Waals surface area contributed by atoms with Crippen molar-refractivity contribution in [1.82, 2.24) is 9.88 Å². The zero-order valence-corrected chi connectivity index (χ0v) is 14.9. The van der Waals surface area contributed by atoms with Gasteiger partial charge in [0, 0.05) is 43.6 Å². The summed E-state index contributed by atoms with van der Waals surface area (Å²) in [5.74, 6) is -0.383. The average molecular weight is 356 g/mol. The number of aliphatic carboxylic acids is 1. The normalized spacial score (nSPS) is 18.3. The van der Waals surface area contributed by atoms with Crippen molar-refractivity contribution in [2.75, 3.05) is 26.3 Å². The Balaban J connectivity index is 1.86. The molecule has 0 unspecified atom stereocenters. The third kappa shape index (κ3) is 5.03. The number of hydrogen-bond donors (Lipinski definition) is 1. The second-order valence-corrected chi connectivity index (χ2v) is 6.49. The van der Waals surface area contributed by atoms with Crippen LogP contribution in [0, 0.1) is 0 Å². The smallest absolute Gasteiger partial charge is 0.341 e. The van der Waals surface area contributed by atoms with Gasteiger partial charge in [0.25, 0.3) is 0 Å². The van der Waals surface area contributed by atoms with Crippen molar-refractivity contribution < 1.29 is 19.4 Å². The lowest BCUT2D eigenvalue weighted by molar-refractivity contribution is -0.139. The number of aromatic nitrogens is 1. The first-order valence-electron chi connectivity index (χ1n) is 8.84. The Labute approximate surface area is 153 Å². The van der Waals surface area contributed by atoms with E-state index in [-0.39, 0.29) is 12.7 Å². The van der Waals surface area contributed by atoms with Gasteiger partial charge < -0.3 is 14.6 Å². The number of ether oxygens (including phenoxy) is 2. The quantitative estimate of drug-likeness (QED) is 0.858. The zero-order valence-electron chi connectivity index (χ0n) is 14.9. The maximum atomic E-state index is 10.9. The molecule has 1 aliphatic rings. The number of rotatable bonds is 6. The molecule has 0 aliphatic carbocycles. The lowest BCUT2D eigenvalue weighted by Crippen LogP contribution is -2.30. The highest BCUT2D eigenvalue weighted by Crippen LogP contribution is 2.27. The maximum Gasteiger partial charge on any atom is 0.341 e. The van der Waals surface area contributed by atoms with Gasteiger partial charge in [0.05, 0.1) is 11.8 Å². The number of carboxylic acid groups (broad SMARTS) is 1. The lowest BCUT2D eigenvalue weighted by atomic mass is 10.1. The second-order valence-electron chi connectivity index (χ2n) is 6.49. The van der Waals surface area contributed by atoms with Gasteiger partial charge in [-0.1, -0.05) is 6.07 Å².